The van der Waals surface area contributed by atoms with Crippen molar-refractivity contribution in [3.8, 4) is 5.75 Å². The van der Waals surface area contributed by atoms with E-state index in [1.165, 1.54) is 27.2 Å². The predicted molar refractivity (Wildman–Crippen MR) is 184 cm³/mol. The van der Waals surface area contributed by atoms with Gasteiger partial charge in [0.05, 0.1) is 25.3 Å². The number of carbonyl (C=O) groups excluding carboxylic acids is 1. The van der Waals surface area contributed by atoms with E-state index in [2.05, 4.69) is 40.8 Å². The Hall–Kier alpha value is -2.90. The number of nitrogens with two attached hydrogens (primary N) is 1. The molecule has 1 saturated carbocycles. The van der Waals surface area contributed by atoms with Crippen LogP contribution in [0.5, 0.6) is 5.75 Å². The molecule has 3 aromatic rings. The normalized spacial score (nSPS) is 22.7. The molecular weight excluding hydrogens is 747 g/mol. The van der Waals surface area contributed by atoms with E-state index < -0.39 is 59.7 Å². The summed E-state index contributed by atoms with van der Waals surface area (Å²) < 4.78 is 64.2. The van der Waals surface area contributed by atoms with Crippen molar-refractivity contribution in [3.05, 3.63) is 35.1 Å². The Morgan fingerprint density at radius 3 is 2.53 bits per heavy atom. The number of fused-ring (bicyclic) bond motifs is 1. The highest BCUT2D eigenvalue weighted by Crippen LogP contribution is 2.50. The number of halogens is 1. The van der Waals surface area contributed by atoms with Crippen molar-refractivity contribution in [2.24, 2.45) is 5.41 Å². The molecule has 0 radical (unpaired) electrons. The largest absolute Gasteiger partial charge is 0.461 e. The molecule has 0 spiro atoms. The van der Waals surface area contributed by atoms with E-state index in [0.29, 0.717) is 0 Å². The van der Waals surface area contributed by atoms with Crippen molar-refractivity contribution < 1.29 is 41.4 Å². The van der Waals surface area contributed by atoms with Gasteiger partial charge in [-0.3, -0.25) is 18.9 Å². The number of nitrogens with zero attached hydrogens (tertiary/aromatic N) is 5. The van der Waals surface area contributed by atoms with Crippen molar-refractivity contribution in [2.75, 3.05) is 30.7 Å². The van der Waals surface area contributed by atoms with Gasteiger partial charge in [-0.15, -0.1) is 4.83 Å². The lowest BCUT2D eigenvalue weighted by molar-refractivity contribution is -0.155. The lowest BCUT2D eigenvalue weighted by Gasteiger charge is -2.31. The molecule has 2 fully saturated rings. The number of anilines is 2. The van der Waals surface area contributed by atoms with E-state index in [-0.39, 0.29) is 34.8 Å². The Labute approximate surface area is 293 Å². The monoisotopic (exact) mass is 788 g/mol. The van der Waals surface area contributed by atoms with Gasteiger partial charge in [0.25, 0.3) is 0 Å². The molecule has 1 aliphatic carbocycles. The van der Waals surface area contributed by atoms with Gasteiger partial charge < -0.3 is 24.8 Å². The number of aliphatic hydroxyl groups excluding tert-OH is 1. The van der Waals surface area contributed by atoms with Crippen molar-refractivity contribution in [2.45, 2.75) is 83.5 Å². The van der Waals surface area contributed by atoms with Crippen LogP contribution in [0.1, 0.15) is 59.6 Å². The van der Waals surface area contributed by atoms with E-state index in [0.717, 1.165) is 41.4 Å². The Balaban J connectivity index is 1.39. The number of benzene rings is 1. The van der Waals surface area contributed by atoms with Crippen LogP contribution in [0.25, 0.3) is 11.2 Å². The summed E-state index contributed by atoms with van der Waals surface area (Å²) in [5.74, 6) is -0.466. The lowest BCUT2D eigenvalue weighted by atomic mass is 9.84. The fraction of sp³-hybridized carbons (Fsp3) is 0.586. The van der Waals surface area contributed by atoms with Gasteiger partial charge in [0.15, 0.2) is 17.0 Å². The van der Waals surface area contributed by atoms with Gasteiger partial charge in [0.1, 0.15) is 29.7 Å². The van der Waals surface area contributed by atoms with Crippen molar-refractivity contribution >= 4 is 62.6 Å². The molecule has 2 aliphatic rings. The fourth-order valence-corrected chi connectivity index (χ4v) is 8.32. The number of nitrogen functional groups attached to an aromatic ring is 1. The number of aliphatic hydroxyl groups is 1. The third-order valence-corrected chi connectivity index (χ3v) is 11.2. The summed E-state index contributed by atoms with van der Waals surface area (Å²) >= 11 is 3.36. The second-order valence-electron chi connectivity index (χ2n) is 13.3. The minimum atomic E-state index is -4.33. The molecule has 0 bridgehead atoms. The highest BCUT2D eigenvalue weighted by Gasteiger charge is 2.52. The molecule has 5 N–H and O–H groups in total. The van der Waals surface area contributed by atoms with Gasteiger partial charge in [0, 0.05) is 16.9 Å². The van der Waals surface area contributed by atoms with Crippen LogP contribution in [-0.4, -0.2) is 82.8 Å². The summed E-state index contributed by atoms with van der Waals surface area (Å²) in [6.45, 7) is 6.16. The summed E-state index contributed by atoms with van der Waals surface area (Å²) in [6, 6.07) is 6.56. The second kappa shape index (κ2) is 14.0. The average Bonchev–Trinajstić information content (AvgIpc) is 3.71. The summed E-state index contributed by atoms with van der Waals surface area (Å²) in [5.41, 5.74) is 3.95. The first-order chi connectivity index (χ1) is 22.8. The molecule has 1 saturated heterocycles. The van der Waals surface area contributed by atoms with Gasteiger partial charge >= 0.3 is 13.7 Å². The van der Waals surface area contributed by atoms with Crippen LogP contribution in [0.3, 0.4) is 0 Å². The van der Waals surface area contributed by atoms with Crippen LogP contribution >= 0.6 is 23.7 Å². The fourth-order valence-electron chi connectivity index (χ4n) is 5.79. The quantitative estimate of drug-likeness (QED) is 0.111. The molecule has 3 unspecified atom stereocenters. The zero-order valence-corrected chi connectivity index (χ0v) is 31.3. The maximum atomic E-state index is 14.4. The molecule has 20 heteroatoms. The molecule has 1 aromatic carbocycles. The summed E-state index contributed by atoms with van der Waals surface area (Å²) in [7, 11) is -6.55. The number of carbonyl (C=O) groups is 1. The molecule has 1 aliphatic heterocycles. The summed E-state index contributed by atoms with van der Waals surface area (Å²) in [5, 5.41) is 15.4. The zero-order chi connectivity index (χ0) is 35.9. The molecule has 3 heterocycles. The van der Waals surface area contributed by atoms with Gasteiger partial charge in [-0.05, 0) is 63.8 Å². The maximum Gasteiger partial charge on any atom is 0.459 e. The Morgan fingerprint density at radius 1 is 1.24 bits per heavy atom. The highest BCUT2D eigenvalue weighted by molar-refractivity contribution is 9.10. The van der Waals surface area contributed by atoms with Crippen LogP contribution < -0.4 is 25.2 Å². The first kappa shape index (κ1) is 37.4. The smallest absolute Gasteiger partial charge is 0.459 e. The van der Waals surface area contributed by atoms with Crippen molar-refractivity contribution in [1.29, 1.82) is 0 Å². The van der Waals surface area contributed by atoms with Crippen molar-refractivity contribution in [3.63, 3.8) is 0 Å². The first-order valence-electron chi connectivity index (χ1n) is 15.5. The number of ether oxygens (including phenoxy) is 2. The number of esters is 1. The Bertz CT molecular complexity index is 1840. The number of sulfonamides is 1. The summed E-state index contributed by atoms with van der Waals surface area (Å²) in [4.78, 5) is 28.3. The molecular formula is C29H42BrN8O9PS. The molecule has 49 heavy (non-hydrogen) atoms. The van der Waals surface area contributed by atoms with Crippen LogP contribution in [-0.2, 0) is 33.4 Å². The SMILES string of the molecule is CN(NS(C)(=O)=O)c1nc(N)nc2c1ncn2C1OC(COP(=O)(NC(C)(C)C(=O)OC2CCCC2)Oc2ccc(Br)cc2)[C@@H](O)C1(C)C. The molecule has 17 nitrogen and oxygen atoms in total. The highest BCUT2D eigenvalue weighted by atomic mass is 79.9. The summed E-state index contributed by atoms with van der Waals surface area (Å²) in [6.07, 6.45) is 2.56. The van der Waals surface area contributed by atoms with E-state index >= 15 is 0 Å². The van der Waals surface area contributed by atoms with Gasteiger partial charge in [-0.25, -0.2) is 18.0 Å². The van der Waals surface area contributed by atoms with Crippen LogP contribution in [0.2, 0.25) is 0 Å². The number of nitrogens with one attached hydrogen (secondary N) is 2. The van der Waals surface area contributed by atoms with E-state index in [4.69, 9.17) is 24.3 Å². The standard InChI is InChI=1S/C29H42BrN8O9PS/c1-28(2)22(39)20(46-25(28)38-16-32-21-23(33-27(31)34-24(21)38)37(5)36-49(6,42)43)15-44-48(41,47-19-13-11-17(30)12-14-19)35-29(3,4)26(40)45-18-9-7-8-10-18/h11-14,16,18,20,22,25,36,39H,7-10,15H2,1-6H3,(H,35,41)(H2,31,33,34)/t20?,22-,25?,48?/m1/s1. The molecule has 4 atom stereocenters. The third-order valence-electron chi connectivity index (χ3n) is 8.30. The van der Waals surface area contributed by atoms with Gasteiger partial charge in [0.2, 0.25) is 16.0 Å². The van der Waals surface area contributed by atoms with Crippen LogP contribution in [0, 0.1) is 5.41 Å². The van der Waals surface area contributed by atoms with Gasteiger partial charge in [-0.1, -0.05) is 29.8 Å². The van der Waals surface area contributed by atoms with E-state index in [1.54, 1.807) is 42.7 Å². The maximum absolute atomic E-state index is 14.4. The number of rotatable bonds is 13. The molecule has 5 rings (SSSR count). The van der Waals surface area contributed by atoms with Crippen molar-refractivity contribution in [1.82, 2.24) is 29.4 Å². The molecule has 2 aromatic heterocycles. The number of imidazole rings is 1. The first-order valence-corrected chi connectivity index (χ1v) is 19.8. The topological polar surface area (TPSA) is 222 Å². The Kier molecular flexibility index (Phi) is 10.7. The number of hydrogen-bond donors (Lipinski definition) is 4. The minimum absolute atomic E-state index is 0.0917. The zero-order valence-electron chi connectivity index (χ0n) is 28.0. The average molecular weight is 790 g/mol. The third kappa shape index (κ3) is 8.53. The lowest BCUT2D eigenvalue weighted by Crippen LogP contribution is -2.48. The second-order valence-corrected chi connectivity index (χ2v) is 17.6. The van der Waals surface area contributed by atoms with E-state index in [1.807, 2.05) is 0 Å². The number of hydrogen-bond acceptors (Lipinski definition) is 14. The predicted octanol–water partition coefficient (Wildman–Crippen LogP) is 3.41. The number of hydrazine groups is 1. The Morgan fingerprint density at radius 2 is 1.90 bits per heavy atom. The molecule has 270 valence electrons. The van der Waals surface area contributed by atoms with Gasteiger partial charge in [-0.2, -0.15) is 15.1 Å². The number of aromatic nitrogens is 4. The van der Waals surface area contributed by atoms with E-state index in [9.17, 15) is 22.9 Å². The minimum Gasteiger partial charge on any atom is -0.461 e. The molecule has 0 amide bonds. The van der Waals surface area contributed by atoms with Crippen LogP contribution in [0.15, 0.2) is 35.1 Å². The van der Waals surface area contributed by atoms with Crippen LogP contribution in [0.4, 0.5) is 11.8 Å².